The number of ether oxygens (including phenoxy) is 2. The lowest BCUT2D eigenvalue weighted by molar-refractivity contribution is -0.162. The Kier molecular flexibility index (Phi) is 3.48. The average Bonchev–Trinajstić information content (AvgIpc) is 3.38. The van der Waals surface area contributed by atoms with E-state index in [0.29, 0.717) is 17.9 Å². The summed E-state index contributed by atoms with van der Waals surface area (Å²) in [4.78, 5) is 33.5. The predicted molar refractivity (Wildman–Crippen MR) is 109 cm³/mol. The number of aromatic nitrogens is 1. The van der Waals surface area contributed by atoms with Crippen molar-refractivity contribution < 1.29 is 19.1 Å². The van der Waals surface area contributed by atoms with E-state index in [2.05, 4.69) is 11.1 Å². The molecule has 3 aliphatic rings. The first-order chi connectivity index (χ1) is 14.5. The summed E-state index contributed by atoms with van der Waals surface area (Å²) in [7, 11) is 1.71. The van der Waals surface area contributed by atoms with Crippen LogP contribution in [0.3, 0.4) is 0 Å². The number of nitrogens with one attached hydrogen (secondary N) is 1. The van der Waals surface area contributed by atoms with Crippen molar-refractivity contribution in [1.29, 1.82) is 0 Å². The van der Waals surface area contributed by atoms with Gasteiger partial charge >= 0.3 is 0 Å². The molecule has 2 amide bonds. The van der Waals surface area contributed by atoms with Crippen LogP contribution in [0.1, 0.15) is 29.8 Å². The molecule has 4 heterocycles. The minimum atomic E-state index is -0.527. The fourth-order valence-electron chi connectivity index (χ4n) is 4.99. The Hall–Kier alpha value is -3.48. The second-order valence-corrected chi connectivity index (χ2v) is 8.17. The normalized spacial score (nSPS) is 24.9. The van der Waals surface area contributed by atoms with Gasteiger partial charge in [0.05, 0.1) is 6.04 Å². The van der Waals surface area contributed by atoms with Gasteiger partial charge in [-0.25, -0.2) is 0 Å². The lowest BCUT2D eigenvalue weighted by Crippen LogP contribution is -2.65. The number of rotatable bonds is 1. The van der Waals surface area contributed by atoms with Crippen molar-refractivity contribution in [2.24, 2.45) is 0 Å². The smallest absolute Gasteiger partial charge is 0.246 e. The van der Waals surface area contributed by atoms with Crippen LogP contribution in [0.4, 0.5) is 0 Å². The third-order valence-electron chi connectivity index (χ3n) is 6.67. The average molecular weight is 403 g/mol. The van der Waals surface area contributed by atoms with Crippen LogP contribution in [-0.2, 0) is 16.0 Å². The summed E-state index contributed by atoms with van der Waals surface area (Å²) in [5.74, 6) is 1.28. The van der Waals surface area contributed by atoms with E-state index < -0.39 is 18.1 Å². The molecule has 7 heteroatoms. The summed E-state index contributed by atoms with van der Waals surface area (Å²) in [6.45, 7) is 1.97. The minimum Gasteiger partial charge on any atom is -0.454 e. The van der Waals surface area contributed by atoms with Crippen molar-refractivity contribution in [2.45, 2.75) is 31.5 Å². The Balaban J connectivity index is 1.60. The Morgan fingerprint density at radius 2 is 1.83 bits per heavy atom. The zero-order valence-corrected chi connectivity index (χ0v) is 16.7. The molecule has 0 radical (unpaired) electrons. The molecule has 7 nitrogen and oxygen atoms in total. The van der Waals surface area contributed by atoms with Crippen molar-refractivity contribution in [1.82, 2.24) is 14.8 Å². The van der Waals surface area contributed by atoms with Crippen LogP contribution in [0, 0.1) is 0 Å². The molecule has 30 heavy (non-hydrogen) atoms. The van der Waals surface area contributed by atoms with Crippen molar-refractivity contribution in [3.8, 4) is 11.5 Å². The first-order valence-electron chi connectivity index (χ1n) is 10.1. The molecule has 1 unspecified atom stereocenters. The largest absolute Gasteiger partial charge is 0.454 e. The van der Waals surface area contributed by atoms with Gasteiger partial charge in [-0.15, -0.1) is 0 Å². The summed E-state index contributed by atoms with van der Waals surface area (Å²) in [5, 5.41) is 1.10. The van der Waals surface area contributed by atoms with E-state index in [9.17, 15) is 9.59 Å². The molecule has 6 rings (SSSR count). The first kappa shape index (κ1) is 17.4. The van der Waals surface area contributed by atoms with Crippen LogP contribution in [0.25, 0.3) is 10.9 Å². The van der Waals surface area contributed by atoms with Crippen LogP contribution in [0.2, 0.25) is 0 Å². The number of H-pyrrole nitrogens is 1. The molecule has 1 saturated heterocycles. The van der Waals surface area contributed by atoms with Gasteiger partial charge in [0, 0.05) is 30.1 Å². The van der Waals surface area contributed by atoms with E-state index >= 15 is 0 Å². The number of nitrogens with zero attached hydrogens (tertiary/aromatic N) is 2. The number of likely N-dealkylation sites (N-methyl/N-ethyl adjacent to an activating group) is 1. The second kappa shape index (κ2) is 6.01. The Bertz CT molecular complexity index is 1220. The number of para-hydroxylation sites is 1. The number of aromatic amines is 1. The van der Waals surface area contributed by atoms with Gasteiger partial charge in [-0.05, 0) is 36.2 Å². The van der Waals surface area contributed by atoms with Crippen LogP contribution in [0.5, 0.6) is 11.5 Å². The van der Waals surface area contributed by atoms with Gasteiger partial charge in [-0.3, -0.25) is 9.59 Å². The zero-order valence-electron chi connectivity index (χ0n) is 16.7. The number of fused-ring (bicyclic) bond motifs is 5. The fourth-order valence-corrected chi connectivity index (χ4v) is 4.99. The quantitative estimate of drug-likeness (QED) is 0.678. The van der Waals surface area contributed by atoms with E-state index in [1.165, 1.54) is 0 Å². The van der Waals surface area contributed by atoms with Crippen molar-refractivity contribution >= 4 is 22.7 Å². The number of carbonyl (C=O) groups is 2. The molecule has 0 spiro atoms. The van der Waals surface area contributed by atoms with E-state index in [-0.39, 0.29) is 18.6 Å². The summed E-state index contributed by atoms with van der Waals surface area (Å²) in [6.07, 6.45) is 0.502. The monoisotopic (exact) mass is 403 g/mol. The SMILES string of the molecule is CC1C(=O)N2[C@@H](c3ccc4c(c3)OCO4)c3[nH]c4ccccc4c3C[C@H]2C(=O)N1C. The molecule has 2 aromatic carbocycles. The number of piperazine rings is 1. The number of carbonyl (C=O) groups excluding carboxylic acids is 2. The first-order valence-corrected chi connectivity index (χ1v) is 10.1. The van der Waals surface area contributed by atoms with Gasteiger partial charge in [-0.1, -0.05) is 24.3 Å². The van der Waals surface area contributed by atoms with Gasteiger partial charge in [0.25, 0.3) is 0 Å². The third-order valence-corrected chi connectivity index (χ3v) is 6.67. The third kappa shape index (κ3) is 2.20. The molecule has 0 aliphatic carbocycles. The van der Waals surface area contributed by atoms with Crippen molar-refractivity contribution in [3.63, 3.8) is 0 Å². The summed E-state index contributed by atoms with van der Waals surface area (Å²) in [6, 6.07) is 12.4. The topological polar surface area (TPSA) is 74.9 Å². The van der Waals surface area contributed by atoms with E-state index in [1.54, 1.807) is 23.8 Å². The standard InChI is InChI=1S/C23H21N3O4/c1-12-22(27)26-17(23(28)25(12)2)10-15-14-5-3-4-6-16(14)24-20(15)21(26)13-7-8-18-19(9-13)30-11-29-18/h3-9,12,17,21,24H,10-11H2,1-2H3/t12?,17-,21-/m0/s1. The molecule has 1 aromatic heterocycles. The molecule has 3 atom stereocenters. The van der Waals surface area contributed by atoms with Gasteiger partial charge in [0.1, 0.15) is 12.1 Å². The van der Waals surface area contributed by atoms with E-state index in [1.807, 2.05) is 36.4 Å². The summed E-state index contributed by atoms with van der Waals surface area (Å²) < 4.78 is 11.1. The highest BCUT2D eigenvalue weighted by Crippen LogP contribution is 2.45. The number of amides is 2. The van der Waals surface area contributed by atoms with Gasteiger partial charge in [-0.2, -0.15) is 0 Å². The van der Waals surface area contributed by atoms with E-state index in [0.717, 1.165) is 27.7 Å². The minimum absolute atomic E-state index is 0.0243. The van der Waals surface area contributed by atoms with Crippen LogP contribution in [-0.4, -0.2) is 52.5 Å². The molecule has 152 valence electrons. The van der Waals surface area contributed by atoms with Crippen LogP contribution in [0.15, 0.2) is 42.5 Å². The Labute approximate surface area is 173 Å². The maximum Gasteiger partial charge on any atom is 0.246 e. The summed E-state index contributed by atoms with van der Waals surface area (Å²) >= 11 is 0. The lowest BCUT2D eigenvalue weighted by atomic mass is 9.85. The van der Waals surface area contributed by atoms with Crippen LogP contribution < -0.4 is 9.47 Å². The number of hydrogen-bond acceptors (Lipinski definition) is 4. The van der Waals surface area contributed by atoms with Crippen molar-refractivity contribution in [2.75, 3.05) is 13.8 Å². The Morgan fingerprint density at radius 3 is 2.70 bits per heavy atom. The van der Waals surface area contributed by atoms with E-state index in [4.69, 9.17) is 9.47 Å². The molecular formula is C23H21N3O4. The maximum absolute atomic E-state index is 13.4. The number of hydrogen-bond donors (Lipinski definition) is 1. The highest BCUT2D eigenvalue weighted by Gasteiger charge is 2.50. The van der Waals surface area contributed by atoms with Crippen molar-refractivity contribution in [3.05, 3.63) is 59.3 Å². The highest BCUT2D eigenvalue weighted by atomic mass is 16.7. The predicted octanol–water partition coefficient (Wildman–Crippen LogP) is 2.60. The second-order valence-electron chi connectivity index (χ2n) is 8.17. The fraction of sp³-hybridized carbons (Fsp3) is 0.304. The summed E-state index contributed by atoms with van der Waals surface area (Å²) in [5.41, 5.74) is 3.96. The molecule has 3 aromatic rings. The molecule has 0 saturated carbocycles. The van der Waals surface area contributed by atoms with Crippen LogP contribution >= 0.6 is 0 Å². The molecule has 1 N–H and O–H groups in total. The Morgan fingerprint density at radius 1 is 1.03 bits per heavy atom. The molecule has 0 bridgehead atoms. The van der Waals surface area contributed by atoms with Gasteiger partial charge in [0.15, 0.2) is 11.5 Å². The molecular weight excluding hydrogens is 382 g/mol. The number of benzene rings is 2. The van der Waals surface area contributed by atoms with Gasteiger partial charge in [0.2, 0.25) is 18.6 Å². The van der Waals surface area contributed by atoms with Gasteiger partial charge < -0.3 is 24.3 Å². The lowest BCUT2D eigenvalue weighted by Gasteiger charge is -2.48. The maximum atomic E-state index is 13.4. The highest BCUT2D eigenvalue weighted by molar-refractivity contribution is 5.99. The molecule has 3 aliphatic heterocycles. The molecule has 1 fully saturated rings. The zero-order chi connectivity index (χ0) is 20.6.